The Balaban J connectivity index is 3.11. The number of halogens is 2. The van der Waals surface area contributed by atoms with E-state index in [0.717, 1.165) is 5.56 Å². The molecule has 0 radical (unpaired) electrons. The van der Waals surface area contributed by atoms with Crippen LogP contribution in [-0.2, 0) is 4.74 Å². The van der Waals surface area contributed by atoms with Gasteiger partial charge in [-0.3, -0.25) is 0 Å². The molecule has 4 heteroatoms. The van der Waals surface area contributed by atoms with Crippen LogP contribution in [0.3, 0.4) is 0 Å². The normalized spacial score (nSPS) is 15.7. The highest BCUT2D eigenvalue weighted by molar-refractivity contribution is 6.42. The third-order valence-electron chi connectivity index (χ3n) is 2.77. The molecule has 0 aliphatic rings. The Morgan fingerprint density at radius 2 is 1.82 bits per heavy atom. The maximum atomic E-state index is 6.24. The molecule has 0 saturated carbocycles. The fourth-order valence-corrected chi connectivity index (χ4v) is 2.41. The Morgan fingerprint density at radius 1 is 1.24 bits per heavy atom. The predicted octanol–water partition coefficient (Wildman–Crippen LogP) is 4.05. The van der Waals surface area contributed by atoms with Crippen molar-refractivity contribution in [1.29, 1.82) is 0 Å². The van der Waals surface area contributed by atoms with Crippen molar-refractivity contribution in [3.8, 4) is 0 Å². The van der Waals surface area contributed by atoms with E-state index >= 15 is 0 Å². The second-order valence-electron chi connectivity index (χ2n) is 5.19. The molecular weight excluding hydrogens is 257 g/mol. The Bertz CT molecular complexity index is 387. The third-order valence-corrected chi connectivity index (χ3v) is 3.61. The number of rotatable bonds is 3. The summed E-state index contributed by atoms with van der Waals surface area (Å²) < 4.78 is 5.50. The lowest BCUT2D eigenvalue weighted by atomic mass is 9.82. The minimum Gasteiger partial charge on any atom is -0.379 e. The lowest BCUT2D eigenvalue weighted by Gasteiger charge is -2.34. The molecule has 0 spiro atoms. The van der Waals surface area contributed by atoms with Crippen LogP contribution in [0.15, 0.2) is 18.2 Å². The van der Waals surface area contributed by atoms with Crippen LogP contribution in [0, 0.1) is 5.41 Å². The van der Waals surface area contributed by atoms with Gasteiger partial charge in [-0.2, -0.15) is 0 Å². The maximum absolute atomic E-state index is 6.24. The molecule has 2 N–H and O–H groups in total. The summed E-state index contributed by atoms with van der Waals surface area (Å²) in [6.45, 7) is 6.25. The monoisotopic (exact) mass is 275 g/mol. The summed E-state index contributed by atoms with van der Waals surface area (Å²) in [6, 6.07) is 5.18. The van der Waals surface area contributed by atoms with Crippen LogP contribution in [0.2, 0.25) is 10.0 Å². The molecule has 2 unspecified atom stereocenters. The van der Waals surface area contributed by atoms with Crippen LogP contribution in [0.5, 0.6) is 0 Å². The molecule has 0 bridgehead atoms. The highest BCUT2D eigenvalue weighted by Crippen LogP contribution is 2.36. The van der Waals surface area contributed by atoms with Gasteiger partial charge in [-0.05, 0) is 17.0 Å². The second kappa shape index (κ2) is 5.57. The van der Waals surface area contributed by atoms with E-state index in [1.54, 1.807) is 13.2 Å². The zero-order chi connectivity index (χ0) is 13.2. The van der Waals surface area contributed by atoms with E-state index in [0.29, 0.717) is 10.0 Å². The average molecular weight is 276 g/mol. The van der Waals surface area contributed by atoms with E-state index in [1.807, 2.05) is 12.1 Å². The molecule has 1 aromatic carbocycles. The van der Waals surface area contributed by atoms with Crippen molar-refractivity contribution in [2.45, 2.75) is 32.9 Å². The Kier molecular flexibility index (Phi) is 4.85. The van der Waals surface area contributed by atoms with Crippen LogP contribution in [0.25, 0.3) is 0 Å². The first kappa shape index (κ1) is 14.8. The lowest BCUT2D eigenvalue weighted by Crippen LogP contribution is -2.38. The van der Waals surface area contributed by atoms with Crippen molar-refractivity contribution in [2.75, 3.05) is 7.11 Å². The van der Waals surface area contributed by atoms with Crippen LogP contribution in [0.1, 0.15) is 32.4 Å². The van der Waals surface area contributed by atoms with Gasteiger partial charge in [0.1, 0.15) is 0 Å². The van der Waals surface area contributed by atoms with E-state index in [4.69, 9.17) is 33.7 Å². The molecule has 1 rings (SSSR count). The topological polar surface area (TPSA) is 35.2 Å². The molecule has 0 amide bonds. The summed E-state index contributed by atoms with van der Waals surface area (Å²) in [5, 5.41) is 1.02. The second-order valence-corrected chi connectivity index (χ2v) is 5.98. The van der Waals surface area contributed by atoms with Crippen molar-refractivity contribution < 1.29 is 4.74 Å². The van der Waals surface area contributed by atoms with Crippen molar-refractivity contribution in [3.63, 3.8) is 0 Å². The molecule has 0 fully saturated rings. The first-order valence-corrected chi connectivity index (χ1v) is 6.27. The van der Waals surface area contributed by atoms with Crippen LogP contribution in [-0.4, -0.2) is 13.2 Å². The molecule has 0 aliphatic heterocycles. The molecule has 96 valence electrons. The smallest absolute Gasteiger partial charge is 0.0812 e. The van der Waals surface area contributed by atoms with Gasteiger partial charge in [-0.15, -0.1) is 0 Å². The Labute approximate surface area is 113 Å². The number of ether oxygens (including phenoxy) is 1. The van der Waals surface area contributed by atoms with Crippen LogP contribution >= 0.6 is 23.2 Å². The summed E-state index contributed by atoms with van der Waals surface area (Å²) in [5.41, 5.74) is 6.99. The highest BCUT2D eigenvalue weighted by atomic mass is 35.5. The van der Waals surface area contributed by atoms with E-state index in [9.17, 15) is 0 Å². The van der Waals surface area contributed by atoms with E-state index in [-0.39, 0.29) is 17.6 Å². The van der Waals surface area contributed by atoms with Gasteiger partial charge >= 0.3 is 0 Å². The molecule has 0 saturated heterocycles. The molecule has 0 aromatic heterocycles. The number of hydrogen-bond acceptors (Lipinski definition) is 2. The number of nitrogens with two attached hydrogens (primary N) is 1. The first-order chi connectivity index (χ1) is 7.79. The van der Waals surface area contributed by atoms with Crippen molar-refractivity contribution in [1.82, 2.24) is 0 Å². The minimum atomic E-state index is -0.300. The minimum absolute atomic E-state index is 0.0696. The van der Waals surface area contributed by atoms with Gasteiger partial charge < -0.3 is 10.5 Å². The van der Waals surface area contributed by atoms with Gasteiger partial charge in [0.15, 0.2) is 0 Å². The molecule has 17 heavy (non-hydrogen) atoms. The summed E-state index contributed by atoms with van der Waals surface area (Å²) in [6.07, 6.45) is -0.126. The fourth-order valence-electron chi connectivity index (χ4n) is 1.98. The third kappa shape index (κ3) is 3.35. The zero-order valence-electron chi connectivity index (χ0n) is 10.6. The van der Waals surface area contributed by atoms with Gasteiger partial charge in [0, 0.05) is 7.11 Å². The molecule has 2 atom stereocenters. The van der Waals surface area contributed by atoms with Gasteiger partial charge in [0.05, 0.1) is 22.2 Å². The molecule has 2 nitrogen and oxygen atoms in total. The maximum Gasteiger partial charge on any atom is 0.0812 e. The van der Waals surface area contributed by atoms with Gasteiger partial charge in [0.2, 0.25) is 0 Å². The largest absolute Gasteiger partial charge is 0.379 e. The van der Waals surface area contributed by atoms with Gasteiger partial charge in [-0.1, -0.05) is 56.1 Å². The number of methoxy groups -OCH3 is 1. The first-order valence-electron chi connectivity index (χ1n) is 5.51. The summed E-state index contributed by atoms with van der Waals surface area (Å²) >= 11 is 12.2. The Morgan fingerprint density at radius 3 is 2.29 bits per heavy atom. The SMILES string of the molecule is COC(C(N)c1cccc(Cl)c1Cl)C(C)(C)C. The van der Waals surface area contributed by atoms with E-state index < -0.39 is 0 Å². The van der Waals surface area contributed by atoms with Crippen LogP contribution in [0.4, 0.5) is 0 Å². The summed E-state index contributed by atoms with van der Waals surface area (Å²) in [5.74, 6) is 0. The predicted molar refractivity (Wildman–Crippen MR) is 73.6 cm³/mol. The lowest BCUT2D eigenvalue weighted by molar-refractivity contribution is -0.00241. The quantitative estimate of drug-likeness (QED) is 0.903. The molecular formula is C13H19Cl2NO. The Hall–Kier alpha value is -0.280. The van der Waals surface area contributed by atoms with Crippen molar-refractivity contribution in [2.24, 2.45) is 11.1 Å². The zero-order valence-corrected chi connectivity index (χ0v) is 12.1. The highest BCUT2D eigenvalue weighted by Gasteiger charge is 2.32. The molecule has 0 aliphatic carbocycles. The summed E-state index contributed by atoms with van der Waals surface area (Å²) in [4.78, 5) is 0. The van der Waals surface area contributed by atoms with E-state index in [2.05, 4.69) is 20.8 Å². The van der Waals surface area contributed by atoms with Gasteiger partial charge in [0.25, 0.3) is 0 Å². The fraction of sp³-hybridized carbons (Fsp3) is 0.538. The molecule has 1 aromatic rings. The number of hydrogen-bond donors (Lipinski definition) is 1. The molecule has 0 heterocycles. The average Bonchev–Trinajstić information content (AvgIpc) is 2.20. The summed E-state index contributed by atoms with van der Waals surface area (Å²) in [7, 11) is 1.66. The van der Waals surface area contributed by atoms with Crippen molar-refractivity contribution >= 4 is 23.2 Å². The van der Waals surface area contributed by atoms with E-state index in [1.165, 1.54) is 0 Å². The van der Waals surface area contributed by atoms with Crippen LogP contribution < -0.4 is 5.73 Å². The van der Waals surface area contributed by atoms with Crippen molar-refractivity contribution in [3.05, 3.63) is 33.8 Å². The van der Waals surface area contributed by atoms with Gasteiger partial charge in [-0.25, -0.2) is 0 Å². The standard InChI is InChI=1S/C13H19Cl2NO/c1-13(2,3)12(17-4)11(16)8-6-5-7-9(14)10(8)15/h5-7,11-12H,16H2,1-4H3. The number of benzene rings is 1.